The number of anilines is 1. The maximum absolute atomic E-state index is 11.9. The predicted molar refractivity (Wildman–Crippen MR) is 73.6 cm³/mol. The lowest BCUT2D eigenvalue weighted by Gasteiger charge is -2.06. The first kappa shape index (κ1) is 13.2. The van der Waals surface area contributed by atoms with E-state index in [1.54, 1.807) is 42.5 Å². The lowest BCUT2D eigenvalue weighted by atomic mass is 10.1. The van der Waals surface area contributed by atoms with Crippen LogP contribution in [-0.2, 0) is 0 Å². The number of pyridine rings is 1. The second kappa shape index (κ2) is 5.63. The minimum atomic E-state index is -0.372. The zero-order chi connectivity index (χ0) is 13.8. The van der Waals surface area contributed by atoms with E-state index in [4.69, 9.17) is 11.6 Å². The van der Waals surface area contributed by atoms with E-state index in [0.29, 0.717) is 11.3 Å². The Morgan fingerprint density at radius 1 is 1.16 bits per heavy atom. The van der Waals surface area contributed by atoms with Crippen LogP contribution in [0, 0.1) is 0 Å². The number of ketones is 1. The standard InChI is InChI=1S/C14H11ClN2O2/c1-9(18)10-4-2-5-11(8-10)16-14(19)12-6-3-7-13(15)17-12/h2-8H,1H3,(H,16,19). The molecule has 5 heteroatoms. The third-order valence-corrected chi connectivity index (χ3v) is 2.69. The van der Waals surface area contributed by atoms with Crippen molar-refractivity contribution in [2.45, 2.75) is 6.92 Å². The van der Waals surface area contributed by atoms with Gasteiger partial charge in [-0.05, 0) is 31.2 Å². The molecule has 96 valence electrons. The van der Waals surface area contributed by atoms with Crippen molar-refractivity contribution >= 4 is 29.0 Å². The normalized spacial score (nSPS) is 10.0. The van der Waals surface area contributed by atoms with Gasteiger partial charge in [-0.25, -0.2) is 4.98 Å². The number of nitrogens with one attached hydrogen (secondary N) is 1. The maximum atomic E-state index is 11.9. The van der Waals surface area contributed by atoms with Gasteiger partial charge in [0.15, 0.2) is 5.78 Å². The van der Waals surface area contributed by atoms with Crippen molar-refractivity contribution in [2.75, 3.05) is 5.32 Å². The number of hydrogen-bond donors (Lipinski definition) is 1. The van der Waals surface area contributed by atoms with E-state index in [0.717, 1.165) is 0 Å². The number of rotatable bonds is 3. The number of halogens is 1. The van der Waals surface area contributed by atoms with Crippen LogP contribution in [0.15, 0.2) is 42.5 Å². The van der Waals surface area contributed by atoms with Crippen molar-refractivity contribution < 1.29 is 9.59 Å². The molecule has 0 unspecified atom stereocenters. The van der Waals surface area contributed by atoms with Gasteiger partial charge in [0.2, 0.25) is 0 Å². The van der Waals surface area contributed by atoms with Gasteiger partial charge in [-0.3, -0.25) is 9.59 Å². The minimum Gasteiger partial charge on any atom is -0.321 e. The van der Waals surface area contributed by atoms with Gasteiger partial charge in [0.1, 0.15) is 10.8 Å². The average Bonchev–Trinajstić information content (AvgIpc) is 2.39. The van der Waals surface area contributed by atoms with E-state index in [2.05, 4.69) is 10.3 Å². The monoisotopic (exact) mass is 274 g/mol. The molecule has 0 bridgehead atoms. The van der Waals surface area contributed by atoms with Crippen LogP contribution >= 0.6 is 11.6 Å². The van der Waals surface area contributed by atoms with Gasteiger partial charge in [-0.1, -0.05) is 29.8 Å². The van der Waals surface area contributed by atoms with Crippen LogP contribution in [0.3, 0.4) is 0 Å². The van der Waals surface area contributed by atoms with E-state index in [1.165, 1.54) is 6.92 Å². The molecule has 0 aliphatic rings. The summed E-state index contributed by atoms with van der Waals surface area (Å²) in [6.07, 6.45) is 0. The van der Waals surface area contributed by atoms with E-state index in [9.17, 15) is 9.59 Å². The predicted octanol–water partition coefficient (Wildman–Crippen LogP) is 3.19. The third-order valence-electron chi connectivity index (χ3n) is 2.47. The molecule has 0 saturated carbocycles. The zero-order valence-corrected chi connectivity index (χ0v) is 10.9. The van der Waals surface area contributed by atoms with Crippen LogP contribution < -0.4 is 5.32 Å². The summed E-state index contributed by atoms with van der Waals surface area (Å²) in [5, 5.41) is 2.92. The smallest absolute Gasteiger partial charge is 0.274 e. The Hall–Kier alpha value is -2.20. The molecule has 0 radical (unpaired) electrons. The molecule has 2 aromatic rings. The van der Waals surface area contributed by atoms with Gasteiger partial charge in [-0.15, -0.1) is 0 Å². The van der Waals surface area contributed by atoms with Crippen LogP contribution in [-0.4, -0.2) is 16.7 Å². The molecule has 2 rings (SSSR count). The Balaban J connectivity index is 2.19. The summed E-state index contributed by atoms with van der Waals surface area (Å²) in [5.74, 6) is -0.430. The second-order valence-corrected chi connectivity index (χ2v) is 4.32. The van der Waals surface area contributed by atoms with E-state index in [-0.39, 0.29) is 22.5 Å². The minimum absolute atomic E-state index is 0.0584. The highest BCUT2D eigenvalue weighted by Gasteiger charge is 2.09. The summed E-state index contributed by atoms with van der Waals surface area (Å²) in [5.41, 5.74) is 1.30. The molecule has 1 N–H and O–H groups in total. The summed E-state index contributed by atoms with van der Waals surface area (Å²) < 4.78 is 0. The largest absolute Gasteiger partial charge is 0.321 e. The molecule has 1 aromatic carbocycles. The molecule has 1 aromatic heterocycles. The quantitative estimate of drug-likeness (QED) is 0.691. The van der Waals surface area contributed by atoms with Crippen molar-refractivity contribution in [1.29, 1.82) is 0 Å². The summed E-state index contributed by atoms with van der Waals surface area (Å²) in [6.45, 7) is 1.47. The molecule has 0 atom stereocenters. The fourth-order valence-electron chi connectivity index (χ4n) is 1.55. The van der Waals surface area contributed by atoms with Crippen molar-refractivity contribution in [3.05, 3.63) is 58.9 Å². The van der Waals surface area contributed by atoms with Crippen LogP contribution in [0.4, 0.5) is 5.69 Å². The average molecular weight is 275 g/mol. The highest BCUT2D eigenvalue weighted by Crippen LogP contribution is 2.13. The van der Waals surface area contributed by atoms with E-state index >= 15 is 0 Å². The highest BCUT2D eigenvalue weighted by molar-refractivity contribution is 6.29. The molecule has 0 aliphatic heterocycles. The van der Waals surface area contributed by atoms with Crippen molar-refractivity contribution in [3.63, 3.8) is 0 Å². The van der Waals surface area contributed by atoms with Gasteiger partial charge in [0.05, 0.1) is 0 Å². The number of carbonyl (C=O) groups is 2. The van der Waals surface area contributed by atoms with Gasteiger partial charge in [0.25, 0.3) is 5.91 Å². The van der Waals surface area contributed by atoms with Crippen LogP contribution in [0.25, 0.3) is 0 Å². The van der Waals surface area contributed by atoms with Gasteiger partial charge in [-0.2, -0.15) is 0 Å². The van der Waals surface area contributed by atoms with Crippen LogP contribution in [0.5, 0.6) is 0 Å². The van der Waals surface area contributed by atoms with Crippen molar-refractivity contribution in [2.24, 2.45) is 0 Å². The second-order valence-electron chi connectivity index (χ2n) is 3.94. The molecular weight excluding hydrogens is 264 g/mol. The number of benzene rings is 1. The Kier molecular flexibility index (Phi) is 3.92. The van der Waals surface area contributed by atoms with Crippen molar-refractivity contribution in [3.8, 4) is 0 Å². The molecular formula is C14H11ClN2O2. The first-order valence-electron chi connectivity index (χ1n) is 5.61. The van der Waals surface area contributed by atoms with Crippen LogP contribution in [0.2, 0.25) is 5.15 Å². The van der Waals surface area contributed by atoms with Gasteiger partial charge >= 0.3 is 0 Å². The molecule has 4 nitrogen and oxygen atoms in total. The number of carbonyl (C=O) groups excluding carboxylic acids is 2. The topological polar surface area (TPSA) is 59.1 Å². The fraction of sp³-hybridized carbons (Fsp3) is 0.0714. The van der Waals surface area contributed by atoms with E-state index < -0.39 is 0 Å². The molecule has 19 heavy (non-hydrogen) atoms. The first-order chi connectivity index (χ1) is 9.06. The summed E-state index contributed by atoms with van der Waals surface area (Å²) in [4.78, 5) is 27.1. The van der Waals surface area contributed by atoms with Gasteiger partial charge in [0, 0.05) is 11.3 Å². The Morgan fingerprint density at radius 2 is 1.89 bits per heavy atom. The first-order valence-corrected chi connectivity index (χ1v) is 5.99. The van der Waals surface area contributed by atoms with Gasteiger partial charge < -0.3 is 5.32 Å². The molecule has 1 heterocycles. The molecule has 0 saturated heterocycles. The zero-order valence-electron chi connectivity index (χ0n) is 10.2. The number of aromatic nitrogens is 1. The number of amides is 1. The molecule has 0 spiro atoms. The van der Waals surface area contributed by atoms with Crippen molar-refractivity contribution in [1.82, 2.24) is 4.98 Å². The van der Waals surface area contributed by atoms with Crippen LogP contribution in [0.1, 0.15) is 27.8 Å². The third kappa shape index (κ3) is 3.39. The summed E-state index contributed by atoms with van der Waals surface area (Å²) in [6, 6.07) is 11.5. The lowest BCUT2D eigenvalue weighted by molar-refractivity contribution is 0.100. The Labute approximate surface area is 115 Å². The SMILES string of the molecule is CC(=O)c1cccc(NC(=O)c2cccc(Cl)n2)c1. The molecule has 0 fully saturated rings. The number of nitrogens with zero attached hydrogens (tertiary/aromatic N) is 1. The fourth-order valence-corrected chi connectivity index (χ4v) is 1.71. The Bertz CT molecular complexity index is 641. The van der Waals surface area contributed by atoms with E-state index in [1.807, 2.05) is 0 Å². The summed E-state index contributed by atoms with van der Waals surface area (Å²) in [7, 11) is 0. The number of Topliss-reactive ketones (excluding diaryl/α,β-unsaturated/α-hetero) is 1. The summed E-state index contributed by atoms with van der Waals surface area (Å²) >= 11 is 5.72. The molecule has 1 amide bonds. The lowest BCUT2D eigenvalue weighted by Crippen LogP contribution is -2.13. The maximum Gasteiger partial charge on any atom is 0.274 e. The highest BCUT2D eigenvalue weighted by atomic mass is 35.5. The Morgan fingerprint density at radius 3 is 2.58 bits per heavy atom. The number of hydrogen-bond acceptors (Lipinski definition) is 3. The molecule has 0 aliphatic carbocycles.